The fraction of sp³-hybridized carbons (Fsp3) is 0.455. The molecule has 0 aliphatic carbocycles. The largest absolute Gasteiger partial charge is 0.384 e. The molecule has 0 spiro atoms. The molecule has 1 amide bonds. The highest BCUT2D eigenvalue weighted by Crippen LogP contribution is 2.25. The number of thiazole rings is 1. The zero-order valence-corrected chi connectivity index (χ0v) is 10.7. The Morgan fingerprint density at radius 2 is 2.59 bits per heavy atom. The van der Waals surface area contributed by atoms with Gasteiger partial charge in [-0.1, -0.05) is 23.2 Å². The van der Waals surface area contributed by atoms with Crippen LogP contribution >= 0.6 is 23.1 Å². The van der Waals surface area contributed by atoms with Gasteiger partial charge >= 0.3 is 0 Å². The molecular formula is C11H12N2O2S2. The third kappa shape index (κ3) is 3.46. The molecule has 1 saturated heterocycles. The van der Waals surface area contributed by atoms with Crippen molar-refractivity contribution in [2.75, 3.05) is 23.4 Å². The minimum absolute atomic E-state index is 0.0472. The molecule has 1 aliphatic heterocycles. The van der Waals surface area contributed by atoms with Gasteiger partial charge in [-0.05, 0) is 12.2 Å². The van der Waals surface area contributed by atoms with Gasteiger partial charge in [0.1, 0.15) is 6.61 Å². The van der Waals surface area contributed by atoms with E-state index in [1.807, 2.05) is 11.8 Å². The maximum Gasteiger partial charge on any atom is 0.230 e. The topological polar surface area (TPSA) is 62.2 Å². The summed E-state index contributed by atoms with van der Waals surface area (Å²) in [6.45, 7) is -0.168. The number of carbonyl (C=O) groups excluding carboxylic acids is 1. The first kappa shape index (κ1) is 12.4. The third-order valence-electron chi connectivity index (χ3n) is 2.33. The lowest BCUT2D eigenvalue weighted by Gasteiger charge is -2.06. The highest BCUT2D eigenvalue weighted by molar-refractivity contribution is 7.99. The van der Waals surface area contributed by atoms with Gasteiger partial charge in [0.25, 0.3) is 0 Å². The van der Waals surface area contributed by atoms with E-state index >= 15 is 0 Å². The number of aliphatic hydroxyl groups excluding tert-OH is 1. The Bertz CT molecular complexity index is 456. The summed E-state index contributed by atoms with van der Waals surface area (Å²) in [6.07, 6.45) is 2.55. The molecule has 1 unspecified atom stereocenters. The van der Waals surface area contributed by atoms with Crippen LogP contribution in [-0.2, 0) is 4.79 Å². The summed E-state index contributed by atoms with van der Waals surface area (Å²) in [7, 11) is 0. The second-order valence-corrected chi connectivity index (χ2v) is 5.72. The molecular weight excluding hydrogens is 256 g/mol. The average Bonchev–Trinajstić information content (AvgIpc) is 2.97. The highest BCUT2D eigenvalue weighted by Gasteiger charge is 2.23. The van der Waals surface area contributed by atoms with Gasteiger partial charge in [0.15, 0.2) is 5.13 Å². The number of hydrogen-bond acceptors (Lipinski definition) is 5. The molecule has 0 saturated carbocycles. The van der Waals surface area contributed by atoms with Crippen LogP contribution in [0.4, 0.5) is 5.13 Å². The van der Waals surface area contributed by atoms with E-state index in [-0.39, 0.29) is 18.4 Å². The summed E-state index contributed by atoms with van der Waals surface area (Å²) < 4.78 is 0. The Morgan fingerprint density at radius 3 is 3.29 bits per heavy atom. The van der Waals surface area contributed by atoms with Gasteiger partial charge in [-0.25, -0.2) is 4.98 Å². The van der Waals surface area contributed by atoms with Crippen molar-refractivity contribution >= 4 is 34.1 Å². The Kier molecular flexibility index (Phi) is 4.42. The molecule has 4 nitrogen and oxygen atoms in total. The second kappa shape index (κ2) is 6.05. The van der Waals surface area contributed by atoms with Crippen molar-refractivity contribution in [2.45, 2.75) is 6.42 Å². The van der Waals surface area contributed by atoms with Crippen molar-refractivity contribution < 1.29 is 9.90 Å². The minimum Gasteiger partial charge on any atom is -0.384 e. The number of nitrogens with one attached hydrogen (secondary N) is 1. The molecule has 2 N–H and O–H groups in total. The van der Waals surface area contributed by atoms with Gasteiger partial charge in [-0.15, -0.1) is 0 Å². The maximum atomic E-state index is 11.8. The zero-order chi connectivity index (χ0) is 12.1. The number of anilines is 1. The Morgan fingerprint density at radius 1 is 1.71 bits per heavy atom. The predicted molar refractivity (Wildman–Crippen MR) is 70.1 cm³/mol. The summed E-state index contributed by atoms with van der Waals surface area (Å²) in [5.74, 6) is 7.41. The number of nitrogens with zero attached hydrogens (tertiary/aromatic N) is 1. The first-order chi connectivity index (χ1) is 8.29. The van der Waals surface area contributed by atoms with Gasteiger partial charge in [0, 0.05) is 11.7 Å². The Hall–Kier alpha value is -1.03. The summed E-state index contributed by atoms with van der Waals surface area (Å²) >= 11 is 3.13. The third-order valence-corrected chi connectivity index (χ3v) is 4.32. The summed E-state index contributed by atoms with van der Waals surface area (Å²) in [5, 5.41) is 11.9. The normalized spacial score (nSPS) is 18.5. The standard InChI is InChI=1S/C11H12N2O2S2/c14-4-1-2-9-6-12-11(17-9)13-10(15)8-3-5-16-7-8/h6,8,14H,3-5,7H2,(H,12,13,15). The number of rotatable bonds is 2. The van der Waals surface area contributed by atoms with E-state index in [2.05, 4.69) is 22.1 Å². The van der Waals surface area contributed by atoms with Crippen molar-refractivity contribution in [3.8, 4) is 11.8 Å². The highest BCUT2D eigenvalue weighted by atomic mass is 32.2. The Labute approximate surface area is 108 Å². The number of aliphatic hydroxyl groups is 1. The fourth-order valence-corrected chi connectivity index (χ4v) is 3.38. The van der Waals surface area contributed by atoms with Crippen LogP contribution in [0.1, 0.15) is 11.3 Å². The van der Waals surface area contributed by atoms with Crippen LogP contribution in [0.5, 0.6) is 0 Å². The van der Waals surface area contributed by atoms with Crippen molar-refractivity contribution in [2.24, 2.45) is 5.92 Å². The van der Waals surface area contributed by atoms with E-state index in [1.165, 1.54) is 11.3 Å². The van der Waals surface area contributed by atoms with Crippen LogP contribution in [-0.4, -0.2) is 34.1 Å². The number of carbonyl (C=O) groups is 1. The van der Waals surface area contributed by atoms with Crippen LogP contribution in [0, 0.1) is 17.8 Å². The van der Waals surface area contributed by atoms with E-state index in [0.717, 1.165) is 22.8 Å². The molecule has 1 atom stereocenters. The SMILES string of the molecule is O=C(Nc1ncc(C#CCO)s1)C1CCSC1. The molecule has 17 heavy (non-hydrogen) atoms. The van der Waals surface area contributed by atoms with Crippen LogP contribution in [0.3, 0.4) is 0 Å². The molecule has 0 bridgehead atoms. The molecule has 1 aromatic rings. The summed E-state index contributed by atoms with van der Waals surface area (Å²) in [4.78, 5) is 16.6. The van der Waals surface area contributed by atoms with Gasteiger partial charge in [-0.3, -0.25) is 4.79 Å². The first-order valence-corrected chi connectivity index (χ1v) is 7.21. The van der Waals surface area contributed by atoms with Crippen molar-refractivity contribution in [3.05, 3.63) is 11.1 Å². The van der Waals surface area contributed by atoms with E-state index in [4.69, 9.17) is 5.11 Å². The van der Waals surface area contributed by atoms with Gasteiger partial charge in [0.05, 0.1) is 11.1 Å². The molecule has 2 rings (SSSR count). The number of thioether (sulfide) groups is 1. The predicted octanol–water partition coefficient (Wildman–Crippen LogP) is 1.18. The molecule has 6 heteroatoms. The molecule has 0 aromatic carbocycles. The van der Waals surface area contributed by atoms with Crippen LogP contribution in [0.2, 0.25) is 0 Å². The lowest BCUT2D eigenvalue weighted by molar-refractivity contribution is -0.119. The monoisotopic (exact) mass is 268 g/mol. The molecule has 1 aliphatic rings. The average molecular weight is 268 g/mol. The minimum atomic E-state index is -0.168. The van der Waals surface area contributed by atoms with E-state index in [1.54, 1.807) is 6.20 Å². The van der Waals surface area contributed by atoms with Crippen LogP contribution in [0.15, 0.2) is 6.20 Å². The zero-order valence-electron chi connectivity index (χ0n) is 9.10. The second-order valence-electron chi connectivity index (χ2n) is 3.54. The summed E-state index contributed by atoms with van der Waals surface area (Å²) in [6, 6.07) is 0. The maximum absolute atomic E-state index is 11.8. The summed E-state index contributed by atoms with van der Waals surface area (Å²) in [5.41, 5.74) is 0. The number of hydrogen-bond donors (Lipinski definition) is 2. The lowest BCUT2D eigenvalue weighted by Crippen LogP contribution is -2.22. The van der Waals surface area contributed by atoms with Gasteiger partial charge in [-0.2, -0.15) is 11.8 Å². The van der Waals surface area contributed by atoms with Crippen molar-refractivity contribution in [1.29, 1.82) is 0 Å². The lowest BCUT2D eigenvalue weighted by atomic mass is 10.1. The molecule has 2 heterocycles. The first-order valence-electron chi connectivity index (χ1n) is 5.24. The van der Waals surface area contributed by atoms with E-state index in [9.17, 15) is 4.79 Å². The molecule has 0 radical (unpaired) electrons. The van der Waals surface area contributed by atoms with E-state index < -0.39 is 0 Å². The smallest absolute Gasteiger partial charge is 0.230 e. The van der Waals surface area contributed by atoms with E-state index in [0.29, 0.717) is 5.13 Å². The van der Waals surface area contributed by atoms with Crippen LogP contribution < -0.4 is 5.32 Å². The number of amides is 1. The molecule has 1 aromatic heterocycles. The fourth-order valence-electron chi connectivity index (χ4n) is 1.47. The van der Waals surface area contributed by atoms with Gasteiger partial charge in [0.2, 0.25) is 5.91 Å². The Balaban J connectivity index is 1.94. The van der Waals surface area contributed by atoms with Gasteiger partial charge < -0.3 is 10.4 Å². The van der Waals surface area contributed by atoms with Crippen molar-refractivity contribution in [3.63, 3.8) is 0 Å². The molecule has 1 fully saturated rings. The molecule has 90 valence electrons. The quantitative estimate of drug-likeness (QED) is 0.791. The number of aromatic nitrogens is 1. The van der Waals surface area contributed by atoms with Crippen molar-refractivity contribution in [1.82, 2.24) is 4.98 Å². The van der Waals surface area contributed by atoms with Crippen LogP contribution in [0.25, 0.3) is 0 Å².